The second kappa shape index (κ2) is 4.13. The number of nitrogens with one attached hydrogen (secondary N) is 1. The summed E-state index contributed by atoms with van der Waals surface area (Å²) < 4.78 is 5.65. The maximum Gasteiger partial charge on any atom is 0.0753 e. The molecule has 0 aliphatic carbocycles. The summed E-state index contributed by atoms with van der Waals surface area (Å²) in [5, 5.41) is 3.30. The molecule has 0 aromatic rings. The van der Waals surface area contributed by atoms with E-state index in [1.54, 1.807) is 0 Å². The van der Waals surface area contributed by atoms with Gasteiger partial charge in [0.25, 0.3) is 0 Å². The van der Waals surface area contributed by atoms with Crippen molar-refractivity contribution >= 4 is 12.4 Å². The Bertz CT molecular complexity index is 171. The van der Waals surface area contributed by atoms with Gasteiger partial charge in [-0.15, -0.1) is 12.4 Å². The summed E-state index contributed by atoms with van der Waals surface area (Å²) in [4.78, 5) is 2.54. The highest BCUT2D eigenvalue weighted by molar-refractivity contribution is 5.85. The van der Waals surface area contributed by atoms with E-state index in [2.05, 4.69) is 24.1 Å². The minimum atomic E-state index is 0. The van der Waals surface area contributed by atoms with Gasteiger partial charge >= 0.3 is 0 Å². The van der Waals surface area contributed by atoms with E-state index in [0.717, 1.165) is 38.8 Å². The molecule has 2 fully saturated rings. The van der Waals surface area contributed by atoms with Gasteiger partial charge in [0, 0.05) is 32.2 Å². The topological polar surface area (TPSA) is 24.5 Å². The van der Waals surface area contributed by atoms with Crippen LogP contribution < -0.4 is 5.32 Å². The van der Waals surface area contributed by atoms with E-state index in [0.29, 0.717) is 0 Å². The molecule has 0 saturated carbocycles. The smallest absolute Gasteiger partial charge is 0.0753 e. The zero-order valence-corrected chi connectivity index (χ0v) is 9.19. The van der Waals surface area contributed by atoms with Crippen LogP contribution in [-0.2, 0) is 4.74 Å². The Morgan fingerprint density at radius 2 is 2.08 bits per heavy atom. The van der Waals surface area contributed by atoms with E-state index in [1.807, 2.05) is 0 Å². The van der Waals surface area contributed by atoms with Crippen molar-refractivity contribution in [2.75, 3.05) is 32.8 Å². The van der Waals surface area contributed by atoms with Crippen molar-refractivity contribution in [1.82, 2.24) is 10.2 Å². The van der Waals surface area contributed by atoms with Crippen molar-refractivity contribution in [2.45, 2.75) is 25.5 Å². The zero-order chi connectivity index (χ0) is 8.60. The monoisotopic (exact) mass is 206 g/mol. The van der Waals surface area contributed by atoms with E-state index >= 15 is 0 Å². The van der Waals surface area contributed by atoms with Gasteiger partial charge < -0.3 is 10.1 Å². The Morgan fingerprint density at radius 3 is 2.54 bits per heavy atom. The molecule has 0 atom stereocenters. The molecule has 0 radical (unpaired) electrons. The van der Waals surface area contributed by atoms with Gasteiger partial charge in [-0.05, 0) is 13.8 Å². The molecule has 1 N–H and O–H groups in total. The molecule has 0 aromatic carbocycles. The lowest BCUT2D eigenvalue weighted by Gasteiger charge is -2.45. The van der Waals surface area contributed by atoms with Gasteiger partial charge in [-0.1, -0.05) is 0 Å². The summed E-state index contributed by atoms with van der Waals surface area (Å²) in [5.74, 6) is 0. The maximum atomic E-state index is 5.65. The fraction of sp³-hybridized carbons (Fsp3) is 1.00. The van der Waals surface area contributed by atoms with E-state index in [9.17, 15) is 0 Å². The summed E-state index contributed by atoms with van der Waals surface area (Å²) in [6.45, 7) is 9.75. The molecule has 2 saturated heterocycles. The molecular weight excluding hydrogens is 188 g/mol. The Labute approximate surface area is 86.2 Å². The molecule has 0 spiro atoms. The third-order valence-corrected chi connectivity index (χ3v) is 2.73. The zero-order valence-electron chi connectivity index (χ0n) is 8.38. The molecule has 2 rings (SSSR count). The minimum Gasteiger partial charge on any atom is -0.373 e. The van der Waals surface area contributed by atoms with Crippen LogP contribution in [0.1, 0.15) is 13.8 Å². The van der Waals surface area contributed by atoms with Crippen LogP contribution in [0.5, 0.6) is 0 Å². The molecule has 78 valence electrons. The second-order valence-electron chi connectivity index (χ2n) is 4.39. The Balaban J connectivity index is 0.000000845. The van der Waals surface area contributed by atoms with Gasteiger partial charge in [-0.3, -0.25) is 4.90 Å². The summed E-state index contributed by atoms with van der Waals surface area (Å²) in [6, 6.07) is 0.771. The third-order valence-electron chi connectivity index (χ3n) is 2.73. The standard InChI is InChI=1S/C9H18N2O.ClH/c1-9(2)7-11(3-4-12-9)8-5-10-6-8;/h8,10H,3-7H2,1-2H3;1H. The van der Waals surface area contributed by atoms with Crippen LogP contribution in [0, 0.1) is 0 Å². The summed E-state index contributed by atoms with van der Waals surface area (Å²) in [6.07, 6.45) is 0. The first-order valence-electron chi connectivity index (χ1n) is 4.76. The highest BCUT2D eigenvalue weighted by atomic mass is 35.5. The van der Waals surface area contributed by atoms with Crippen molar-refractivity contribution in [2.24, 2.45) is 0 Å². The SMILES string of the molecule is CC1(C)CN(C2CNC2)CCO1.Cl. The van der Waals surface area contributed by atoms with Gasteiger partial charge in [0.2, 0.25) is 0 Å². The normalized spacial score (nSPS) is 29.1. The highest BCUT2D eigenvalue weighted by Crippen LogP contribution is 2.19. The number of morpholine rings is 1. The van der Waals surface area contributed by atoms with Crippen LogP contribution in [0.15, 0.2) is 0 Å². The third kappa shape index (κ3) is 2.56. The van der Waals surface area contributed by atoms with Gasteiger partial charge in [-0.25, -0.2) is 0 Å². The molecule has 2 aliphatic heterocycles. The average Bonchev–Trinajstić information content (AvgIpc) is 1.80. The van der Waals surface area contributed by atoms with E-state index in [1.165, 1.54) is 0 Å². The number of rotatable bonds is 1. The molecule has 0 unspecified atom stereocenters. The van der Waals surface area contributed by atoms with Crippen molar-refractivity contribution in [3.63, 3.8) is 0 Å². The summed E-state index contributed by atoms with van der Waals surface area (Å²) in [7, 11) is 0. The Morgan fingerprint density at radius 1 is 1.38 bits per heavy atom. The fourth-order valence-electron chi connectivity index (χ4n) is 1.90. The van der Waals surface area contributed by atoms with E-state index in [4.69, 9.17) is 4.74 Å². The Kier molecular flexibility index (Phi) is 3.57. The molecule has 2 heterocycles. The Hall–Kier alpha value is 0.170. The first-order chi connectivity index (χ1) is 5.67. The molecule has 0 amide bonds. The largest absolute Gasteiger partial charge is 0.373 e. The van der Waals surface area contributed by atoms with E-state index in [-0.39, 0.29) is 18.0 Å². The van der Waals surface area contributed by atoms with Crippen LogP contribution >= 0.6 is 12.4 Å². The predicted octanol–water partition coefficient (Wildman–Crippen LogP) is 0.491. The first kappa shape index (κ1) is 11.2. The number of ether oxygens (including phenoxy) is 1. The maximum absolute atomic E-state index is 5.65. The van der Waals surface area contributed by atoms with Crippen molar-refractivity contribution in [3.05, 3.63) is 0 Å². The van der Waals surface area contributed by atoms with Crippen molar-refractivity contribution in [3.8, 4) is 0 Å². The van der Waals surface area contributed by atoms with Crippen LogP contribution in [0.4, 0.5) is 0 Å². The van der Waals surface area contributed by atoms with E-state index < -0.39 is 0 Å². The van der Waals surface area contributed by atoms with Gasteiger partial charge in [0.15, 0.2) is 0 Å². The minimum absolute atomic E-state index is 0. The van der Waals surface area contributed by atoms with Gasteiger partial charge in [0.1, 0.15) is 0 Å². The lowest BCUT2D eigenvalue weighted by Crippen LogP contribution is -2.62. The summed E-state index contributed by atoms with van der Waals surface area (Å²) in [5.41, 5.74) is 0.0633. The van der Waals surface area contributed by atoms with Crippen LogP contribution in [-0.4, -0.2) is 49.3 Å². The van der Waals surface area contributed by atoms with Crippen LogP contribution in [0.3, 0.4) is 0 Å². The molecule has 4 heteroatoms. The lowest BCUT2D eigenvalue weighted by molar-refractivity contribution is -0.102. The first-order valence-corrected chi connectivity index (χ1v) is 4.76. The van der Waals surface area contributed by atoms with Gasteiger partial charge in [-0.2, -0.15) is 0 Å². The molecule has 2 aliphatic rings. The second-order valence-corrected chi connectivity index (χ2v) is 4.39. The molecule has 0 bridgehead atoms. The fourth-order valence-corrected chi connectivity index (χ4v) is 1.90. The number of halogens is 1. The molecule has 3 nitrogen and oxygen atoms in total. The highest BCUT2D eigenvalue weighted by Gasteiger charge is 2.33. The lowest BCUT2D eigenvalue weighted by atomic mass is 10.0. The summed E-state index contributed by atoms with van der Waals surface area (Å²) >= 11 is 0. The molecule has 0 aromatic heterocycles. The quantitative estimate of drug-likeness (QED) is 0.676. The molecular formula is C9H19ClN2O. The number of hydrogen-bond donors (Lipinski definition) is 1. The van der Waals surface area contributed by atoms with Crippen LogP contribution in [0.2, 0.25) is 0 Å². The van der Waals surface area contributed by atoms with Crippen molar-refractivity contribution in [1.29, 1.82) is 0 Å². The van der Waals surface area contributed by atoms with Crippen LogP contribution in [0.25, 0.3) is 0 Å². The van der Waals surface area contributed by atoms with Crippen molar-refractivity contribution < 1.29 is 4.74 Å². The number of nitrogens with zero attached hydrogens (tertiary/aromatic N) is 1. The predicted molar refractivity (Wildman–Crippen MR) is 55.5 cm³/mol. The van der Waals surface area contributed by atoms with Gasteiger partial charge in [0.05, 0.1) is 12.2 Å². The average molecular weight is 207 g/mol. The number of hydrogen-bond acceptors (Lipinski definition) is 3. The molecule has 13 heavy (non-hydrogen) atoms.